The zero-order chi connectivity index (χ0) is 54.1. The molecule has 20 nitrogen and oxygen atoms in total. The maximum absolute atomic E-state index is 12.7. The number of hydrogen-bond donors (Lipinski definition) is 8. The van der Waals surface area contributed by atoms with Crippen LogP contribution in [0.15, 0.2) is 103 Å². The number of aromatic nitrogens is 2. The minimum atomic E-state index is -0.239. The first kappa shape index (κ1) is 59.5. The van der Waals surface area contributed by atoms with Crippen LogP contribution < -0.4 is 47.3 Å². The van der Waals surface area contributed by atoms with Crippen molar-refractivity contribution in [3.05, 3.63) is 103 Å². The summed E-state index contributed by atoms with van der Waals surface area (Å²) in [4.78, 5) is 71.7. The average molecular weight is 1080 g/mol. The molecule has 0 radical (unpaired) electrons. The van der Waals surface area contributed by atoms with Crippen LogP contribution in [0.4, 0.5) is 33.5 Å². The van der Waals surface area contributed by atoms with Crippen molar-refractivity contribution in [2.45, 2.75) is 88.0 Å². The number of carbonyl (C=O) groups excluding carboxylic acids is 5. The van der Waals surface area contributed by atoms with Crippen molar-refractivity contribution in [2.24, 2.45) is 0 Å². The number of benzene rings is 3. The fraction of sp³-hybridized carbons (Fsp3) is 0.482. The summed E-state index contributed by atoms with van der Waals surface area (Å²) in [5.41, 5.74) is 2.22. The summed E-state index contributed by atoms with van der Waals surface area (Å²) in [5.74, 6) is 3.31. The van der Waals surface area contributed by atoms with E-state index in [4.69, 9.17) is 18.9 Å². The van der Waals surface area contributed by atoms with E-state index in [0.29, 0.717) is 114 Å². The smallest absolute Gasteiger partial charge is 0.315 e. The quantitative estimate of drug-likeness (QED) is 0.0127. The van der Waals surface area contributed by atoms with Gasteiger partial charge in [0.2, 0.25) is 23.6 Å². The minimum absolute atomic E-state index is 0.0628. The Bertz CT molecular complexity index is 2440. The van der Waals surface area contributed by atoms with Gasteiger partial charge < -0.3 is 66.4 Å². The Morgan fingerprint density at radius 1 is 0.649 bits per heavy atom. The fourth-order valence-electron chi connectivity index (χ4n) is 8.34. The van der Waals surface area contributed by atoms with Crippen LogP contribution in [-0.4, -0.2) is 147 Å². The number of urea groups is 1. The number of para-hydroxylation sites is 1. The molecule has 21 heteroatoms. The molecule has 3 atom stereocenters. The highest BCUT2D eigenvalue weighted by Crippen LogP contribution is 2.33. The number of nitrogens with one attached hydrogen (secondary N) is 8. The molecule has 0 spiro atoms. The highest BCUT2D eigenvalue weighted by atomic mass is 32.2. The standard InChI is InChI=1S/C56H77N11O9S/c1-67(31-11-22-54(71)64-44-15-9-14-43(38-44)63-50-39-49(60-41-61-50)62-42-23-25-46(26-24-42)76-45-16-3-2-4-17-45)30-8-7-27-57-52(69)20-10-21-53(70)59-29-13-33-74-35-37-75-36-34-73-32-12-28-58-51(68)19-6-5-18-48-55-47(40-77-48)65-56(72)66-55/h2-4,9,11,14-17,22-26,38-39,41,47-48,55H,5-8,10,12-13,18-21,27-37,40H2,1H3,(H,57,69)(H,58,68)(H,59,70)(H,64,71)(H2,65,66,72)(H2,60,61,62,63)/b22-11+/t47-,48-,55-/m0/s1. The van der Waals surface area contributed by atoms with Gasteiger partial charge in [-0.05, 0) is 113 Å². The zero-order valence-corrected chi connectivity index (χ0v) is 45.1. The number of rotatable bonds is 38. The van der Waals surface area contributed by atoms with E-state index >= 15 is 0 Å². The second-order valence-corrected chi connectivity index (χ2v) is 20.0. The molecule has 3 aromatic carbocycles. The molecule has 1 aromatic heterocycles. The lowest BCUT2D eigenvalue weighted by Crippen LogP contribution is -2.36. The summed E-state index contributed by atoms with van der Waals surface area (Å²) in [7, 11) is 1.98. The summed E-state index contributed by atoms with van der Waals surface area (Å²) in [6.07, 6.45) is 12.3. The van der Waals surface area contributed by atoms with Crippen LogP contribution >= 0.6 is 11.8 Å². The first-order valence-electron chi connectivity index (χ1n) is 26.8. The number of anilines is 5. The molecule has 8 N–H and O–H groups in total. The third-order valence-electron chi connectivity index (χ3n) is 12.4. The predicted molar refractivity (Wildman–Crippen MR) is 301 cm³/mol. The van der Waals surface area contributed by atoms with Crippen LogP contribution in [0.1, 0.15) is 70.6 Å². The molecule has 0 unspecified atom stereocenters. The van der Waals surface area contributed by atoms with Gasteiger partial charge in [0.25, 0.3) is 0 Å². The highest BCUT2D eigenvalue weighted by Gasteiger charge is 2.42. The maximum atomic E-state index is 12.7. The van der Waals surface area contributed by atoms with Gasteiger partial charge in [-0.25, -0.2) is 14.8 Å². The largest absolute Gasteiger partial charge is 0.457 e. The van der Waals surface area contributed by atoms with E-state index in [2.05, 4.69) is 57.4 Å². The van der Waals surface area contributed by atoms with Crippen LogP contribution in [0.3, 0.4) is 0 Å². The molecule has 0 saturated carbocycles. The Morgan fingerprint density at radius 3 is 1.95 bits per heavy atom. The number of hydrogen-bond acceptors (Lipinski definition) is 15. The van der Waals surface area contributed by atoms with Gasteiger partial charge in [-0.1, -0.05) is 36.8 Å². The van der Waals surface area contributed by atoms with Crippen molar-refractivity contribution in [3.63, 3.8) is 0 Å². The summed E-state index contributed by atoms with van der Waals surface area (Å²) in [6.45, 7) is 5.93. The summed E-state index contributed by atoms with van der Waals surface area (Å²) < 4.78 is 22.6. The van der Waals surface area contributed by atoms with E-state index in [-0.39, 0.29) is 48.2 Å². The molecule has 6 amide bonds. The molecule has 2 aliphatic heterocycles. The van der Waals surface area contributed by atoms with Crippen LogP contribution in [0.2, 0.25) is 0 Å². The number of likely N-dealkylation sites (N-methyl/N-ethyl adjacent to an activating group) is 1. The predicted octanol–water partition coefficient (Wildman–Crippen LogP) is 7.04. The molecule has 0 bridgehead atoms. The second kappa shape index (κ2) is 34.8. The first-order valence-corrected chi connectivity index (χ1v) is 27.9. The van der Waals surface area contributed by atoms with Crippen LogP contribution in [-0.2, 0) is 33.4 Å². The number of carbonyl (C=O) groups is 5. The van der Waals surface area contributed by atoms with E-state index in [0.717, 1.165) is 73.7 Å². The minimum Gasteiger partial charge on any atom is -0.457 e. The van der Waals surface area contributed by atoms with Gasteiger partial charge in [-0.2, -0.15) is 11.8 Å². The van der Waals surface area contributed by atoms with Crippen molar-refractivity contribution < 1.29 is 42.9 Å². The number of thioether (sulfide) groups is 1. The summed E-state index contributed by atoms with van der Waals surface area (Å²) in [5, 5.41) is 24.6. The molecule has 416 valence electrons. The third-order valence-corrected chi connectivity index (χ3v) is 13.9. The molecule has 2 saturated heterocycles. The number of unbranched alkanes of at least 4 members (excludes halogenated alkanes) is 2. The van der Waals surface area contributed by atoms with Gasteiger partial charge in [-0.15, -0.1) is 0 Å². The normalized spacial score (nSPS) is 15.6. The van der Waals surface area contributed by atoms with Crippen LogP contribution in [0.5, 0.6) is 11.5 Å². The number of amides is 6. The van der Waals surface area contributed by atoms with Gasteiger partial charge in [0.1, 0.15) is 29.5 Å². The van der Waals surface area contributed by atoms with Crippen molar-refractivity contribution in [1.82, 2.24) is 41.5 Å². The monoisotopic (exact) mass is 1080 g/mol. The summed E-state index contributed by atoms with van der Waals surface area (Å²) in [6, 6.07) is 26.8. The Labute approximate surface area is 456 Å². The Hall–Kier alpha value is -6.78. The average Bonchev–Trinajstić information content (AvgIpc) is 3.99. The third kappa shape index (κ3) is 24.4. The van der Waals surface area contributed by atoms with E-state index in [1.54, 1.807) is 6.07 Å². The molecule has 77 heavy (non-hydrogen) atoms. The lowest BCUT2D eigenvalue weighted by atomic mass is 10.0. The second-order valence-electron chi connectivity index (χ2n) is 18.7. The van der Waals surface area contributed by atoms with Crippen molar-refractivity contribution in [1.29, 1.82) is 0 Å². The zero-order valence-electron chi connectivity index (χ0n) is 44.2. The van der Waals surface area contributed by atoms with Gasteiger partial charge in [0.05, 0.1) is 38.5 Å². The lowest BCUT2D eigenvalue weighted by Gasteiger charge is -2.16. The molecule has 6 rings (SSSR count). The number of ether oxygens (including phenoxy) is 4. The summed E-state index contributed by atoms with van der Waals surface area (Å²) >= 11 is 1.90. The fourth-order valence-corrected chi connectivity index (χ4v) is 9.88. The lowest BCUT2D eigenvalue weighted by molar-refractivity contribution is -0.123. The van der Waals surface area contributed by atoms with Crippen molar-refractivity contribution >= 4 is 70.1 Å². The Kier molecular flexibility index (Phi) is 26.9. The Balaban J connectivity index is 0.674. The molecule has 0 aliphatic carbocycles. The highest BCUT2D eigenvalue weighted by molar-refractivity contribution is 8.00. The van der Waals surface area contributed by atoms with E-state index < -0.39 is 0 Å². The van der Waals surface area contributed by atoms with E-state index in [9.17, 15) is 24.0 Å². The SMILES string of the molecule is CN(C/C=C/C(=O)Nc1cccc(Nc2cc(Nc3ccc(Oc4ccccc4)cc3)ncn2)c1)CCCCNC(=O)CCCC(=O)NCCCOCCOCCOCCCNC(=O)CCCC[C@@H]1SC[C@@H]2NC(=O)N[C@@H]21. The number of fused-ring (bicyclic) bond motifs is 1. The van der Waals surface area contributed by atoms with Crippen LogP contribution in [0.25, 0.3) is 0 Å². The van der Waals surface area contributed by atoms with Gasteiger partial charge >= 0.3 is 6.03 Å². The molecule has 2 aliphatic rings. The van der Waals surface area contributed by atoms with Crippen LogP contribution in [0, 0.1) is 0 Å². The molecular weight excluding hydrogens is 1000 g/mol. The number of nitrogens with zero attached hydrogens (tertiary/aromatic N) is 3. The van der Waals surface area contributed by atoms with Gasteiger partial charge in [-0.3, -0.25) is 19.2 Å². The first-order chi connectivity index (χ1) is 37.6. The van der Waals surface area contributed by atoms with E-state index in [1.165, 1.54) is 12.4 Å². The van der Waals surface area contributed by atoms with E-state index in [1.807, 2.05) is 104 Å². The van der Waals surface area contributed by atoms with Gasteiger partial charge in [0, 0.05) is 98.9 Å². The molecule has 3 heterocycles. The Morgan fingerprint density at radius 2 is 1.26 bits per heavy atom. The van der Waals surface area contributed by atoms with Gasteiger partial charge in [0.15, 0.2) is 0 Å². The molecule has 2 fully saturated rings. The van der Waals surface area contributed by atoms with Crippen molar-refractivity contribution in [2.75, 3.05) is 101 Å². The molecular formula is C56H77N11O9S. The topological polar surface area (TPSA) is 248 Å². The van der Waals surface area contributed by atoms with Crippen molar-refractivity contribution in [3.8, 4) is 11.5 Å². The molecule has 4 aromatic rings. The maximum Gasteiger partial charge on any atom is 0.315 e.